The molecular formula is C20H13FN6. The van der Waals surface area contributed by atoms with Gasteiger partial charge in [0.2, 0.25) is 0 Å². The Hall–Kier alpha value is -3.92. The Bertz CT molecular complexity index is 1170. The van der Waals surface area contributed by atoms with Crippen LogP contribution in [0.5, 0.6) is 0 Å². The fraction of sp³-hybridized carbons (Fsp3) is 0.0500. The van der Waals surface area contributed by atoms with Crippen LogP contribution in [-0.2, 0) is 0 Å². The van der Waals surface area contributed by atoms with Crippen LogP contribution in [0.3, 0.4) is 0 Å². The van der Waals surface area contributed by atoms with E-state index in [9.17, 15) is 0 Å². The van der Waals surface area contributed by atoms with E-state index in [0.29, 0.717) is 44.9 Å². The standard InChI is InChI=1S/C20H13FN6/c1-23-20-17-15(26-19(27-20)16-11-24-8-9-25-16)7-6-14(18(17)21)13-4-2-12(10-22)3-5-13/h2-9,11H,1H3,(H,23,26,27). The van der Waals surface area contributed by atoms with Gasteiger partial charge in [0.05, 0.1) is 28.7 Å². The third-order valence-electron chi connectivity index (χ3n) is 4.15. The van der Waals surface area contributed by atoms with Crippen LogP contribution in [0.25, 0.3) is 33.5 Å². The van der Waals surface area contributed by atoms with Gasteiger partial charge in [-0.05, 0) is 29.8 Å². The fourth-order valence-electron chi connectivity index (χ4n) is 2.84. The van der Waals surface area contributed by atoms with Crippen LogP contribution >= 0.6 is 0 Å². The van der Waals surface area contributed by atoms with Crippen LogP contribution < -0.4 is 5.32 Å². The zero-order valence-electron chi connectivity index (χ0n) is 14.3. The second-order valence-corrected chi connectivity index (χ2v) is 5.75. The number of nitrogens with one attached hydrogen (secondary N) is 1. The maximum Gasteiger partial charge on any atom is 0.182 e. The van der Waals surface area contributed by atoms with E-state index in [-0.39, 0.29) is 0 Å². The quantitative estimate of drug-likeness (QED) is 0.601. The Morgan fingerprint density at radius 1 is 1.04 bits per heavy atom. The number of rotatable bonds is 3. The van der Waals surface area contributed by atoms with E-state index in [0.717, 1.165) is 0 Å². The molecule has 0 atom stereocenters. The molecule has 0 saturated carbocycles. The first kappa shape index (κ1) is 16.5. The molecule has 0 unspecified atom stereocenters. The molecule has 1 N–H and O–H groups in total. The first-order valence-corrected chi connectivity index (χ1v) is 8.16. The summed E-state index contributed by atoms with van der Waals surface area (Å²) in [4.78, 5) is 17.1. The Labute approximate surface area is 154 Å². The molecule has 0 amide bonds. The van der Waals surface area contributed by atoms with Gasteiger partial charge in [-0.2, -0.15) is 5.26 Å². The van der Waals surface area contributed by atoms with E-state index in [1.165, 1.54) is 0 Å². The monoisotopic (exact) mass is 356 g/mol. The molecule has 0 saturated heterocycles. The smallest absolute Gasteiger partial charge is 0.182 e. The van der Waals surface area contributed by atoms with Crippen molar-refractivity contribution in [2.75, 3.05) is 12.4 Å². The van der Waals surface area contributed by atoms with E-state index in [1.54, 1.807) is 62.0 Å². The van der Waals surface area contributed by atoms with Crippen LogP contribution in [0.15, 0.2) is 55.0 Å². The van der Waals surface area contributed by atoms with Gasteiger partial charge in [0.1, 0.15) is 17.3 Å². The molecule has 0 aliphatic carbocycles. The summed E-state index contributed by atoms with van der Waals surface area (Å²) in [6.07, 6.45) is 4.67. The van der Waals surface area contributed by atoms with E-state index in [4.69, 9.17) is 5.26 Å². The van der Waals surface area contributed by atoms with Crippen molar-refractivity contribution in [1.82, 2.24) is 19.9 Å². The van der Waals surface area contributed by atoms with Crippen molar-refractivity contribution in [3.63, 3.8) is 0 Å². The number of benzene rings is 2. The maximum absolute atomic E-state index is 15.3. The van der Waals surface area contributed by atoms with Crippen molar-refractivity contribution in [2.24, 2.45) is 0 Å². The third kappa shape index (κ3) is 2.93. The lowest BCUT2D eigenvalue weighted by atomic mass is 10.0. The SMILES string of the molecule is CNc1nc(-c2cnccn2)nc2ccc(-c3ccc(C#N)cc3)c(F)c12. The third-order valence-corrected chi connectivity index (χ3v) is 4.15. The summed E-state index contributed by atoms with van der Waals surface area (Å²) in [6.45, 7) is 0. The van der Waals surface area contributed by atoms with Gasteiger partial charge in [-0.1, -0.05) is 12.1 Å². The first-order chi connectivity index (χ1) is 13.2. The van der Waals surface area contributed by atoms with Crippen LogP contribution in [0.1, 0.15) is 5.56 Å². The Kier molecular flexibility index (Phi) is 4.15. The minimum absolute atomic E-state index is 0.298. The van der Waals surface area contributed by atoms with E-state index >= 15 is 4.39 Å². The number of halogens is 1. The van der Waals surface area contributed by atoms with Gasteiger partial charge >= 0.3 is 0 Å². The minimum Gasteiger partial charge on any atom is -0.372 e. The summed E-state index contributed by atoms with van der Waals surface area (Å²) in [5, 5.41) is 12.2. The summed E-state index contributed by atoms with van der Waals surface area (Å²) in [5.74, 6) is 0.311. The molecule has 0 bridgehead atoms. The van der Waals surface area contributed by atoms with Crippen LogP contribution in [0.4, 0.5) is 10.2 Å². The number of nitrogens with zero attached hydrogens (tertiary/aromatic N) is 5. The minimum atomic E-state index is -0.424. The van der Waals surface area contributed by atoms with Gasteiger partial charge in [-0.15, -0.1) is 0 Å². The second kappa shape index (κ2) is 6.77. The van der Waals surface area contributed by atoms with Gasteiger partial charge in [0, 0.05) is 25.0 Å². The van der Waals surface area contributed by atoms with E-state index in [1.807, 2.05) is 0 Å². The summed E-state index contributed by atoms with van der Waals surface area (Å²) in [7, 11) is 1.68. The van der Waals surface area contributed by atoms with Crippen molar-refractivity contribution in [3.05, 3.63) is 66.4 Å². The molecule has 0 spiro atoms. The van der Waals surface area contributed by atoms with Crippen molar-refractivity contribution >= 4 is 16.7 Å². The molecular weight excluding hydrogens is 343 g/mol. The normalized spacial score (nSPS) is 10.6. The summed E-state index contributed by atoms with van der Waals surface area (Å²) < 4.78 is 15.3. The Morgan fingerprint density at radius 2 is 1.85 bits per heavy atom. The number of fused-ring (bicyclic) bond motifs is 1. The molecule has 7 heteroatoms. The first-order valence-electron chi connectivity index (χ1n) is 8.16. The van der Waals surface area contributed by atoms with E-state index < -0.39 is 5.82 Å². The average Bonchev–Trinajstić information content (AvgIpc) is 2.74. The summed E-state index contributed by atoms with van der Waals surface area (Å²) in [5.41, 5.74) is 2.58. The lowest BCUT2D eigenvalue weighted by Crippen LogP contribution is -2.02. The maximum atomic E-state index is 15.3. The van der Waals surface area contributed by atoms with Gasteiger partial charge in [0.25, 0.3) is 0 Å². The fourth-order valence-corrected chi connectivity index (χ4v) is 2.84. The number of hydrogen-bond acceptors (Lipinski definition) is 6. The number of anilines is 1. The van der Waals surface area contributed by atoms with Crippen LogP contribution in [0.2, 0.25) is 0 Å². The lowest BCUT2D eigenvalue weighted by Gasteiger charge is -2.11. The predicted octanol–water partition coefficient (Wildman–Crippen LogP) is 3.81. The molecule has 0 fully saturated rings. The highest BCUT2D eigenvalue weighted by atomic mass is 19.1. The number of aromatic nitrogens is 4. The topological polar surface area (TPSA) is 87.4 Å². The molecule has 130 valence electrons. The summed E-state index contributed by atoms with van der Waals surface area (Å²) in [6, 6.07) is 12.2. The highest BCUT2D eigenvalue weighted by Gasteiger charge is 2.17. The molecule has 0 radical (unpaired) electrons. The molecule has 0 aliphatic rings. The molecule has 2 aromatic heterocycles. The van der Waals surface area contributed by atoms with Crippen molar-refractivity contribution in [2.45, 2.75) is 0 Å². The molecule has 4 rings (SSSR count). The number of nitriles is 1. The second-order valence-electron chi connectivity index (χ2n) is 5.75. The highest BCUT2D eigenvalue weighted by molar-refractivity contribution is 5.94. The predicted molar refractivity (Wildman–Crippen MR) is 100 cm³/mol. The van der Waals surface area contributed by atoms with Crippen LogP contribution in [-0.4, -0.2) is 27.0 Å². The van der Waals surface area contributed by atoms with Crippen molar-refractivity contribution < 1.29 is 4.39 Å². The summed E-state index contributed by atoms with van der Waals surface area (Å²) >= 11 is 0. The molecule has 2 aromatic carbocycles. The van der Waals surface area contributed by atoms with Gasteiger partial charge < -0.3 is 5.32 Å². The van der Waals surface area contributed by atoms with Crippen molar-refractivity contribution in [3.8, 4) is 28.7 Å². The van der Waals surface area contributed by atoms with Crippen LogP contribution in [0, 0.1) is 17.1 Å². The van der Waals surface area contributed by atoms with Crippen molar-refractivity contribution in [1.29, 1.82) is 5.26 Å². The molecule has 6 nitrogen and oxygen atoms in total. The molecule has 4 aromatic rings. The molecule has 2 heterocycles. The Balaban J connectivity index is 1.91. The van der Waals surface area contributed by atoms with Gasteiger partial charge in [0.15, 0.2) is 5.82 Å². The zero-order valence-corrected chi connectivity index (χ0v) is 14.3. The average molecular weight is 356 g/mol. The van der Waals surface area contributed by atoms with Gasteiger partial charge in [-0.3, -0.25) is 4.98 Å². The highest BCUT2D eigenvalue weighted by Crippen LogP contribution is 2.32. The van der Waals surface area contributed by atoms with Gasteiger partial charge in [-0.25, -0.2) is 19.3 Å². The lowest BCUT2D eigenvalue weighted by molar-refractivity contribution is 0.643. The Morgan fingerprint density at radius 3 is 2.52 bits per heavy atom. The zero-order chi connectivity index (χ0) is 18.8. The number of hydrogen-bond donors (Lipinski definition) is 1. The van der Waals surface area contributed by atoms with E-state index in [2.05, 4.69) is 31.3 Å². The molecule has 0 aliphatic heterocycles. The molecule has 27 heavy (non-hydrogen) atoms. The largest absolute Gasteiger partial charge is 0.372 e.